The van der Waals surface area contributed by atoms with Gasteiger partial charge in [-0.25, -0.2) is 4.98 Å². The third-order valence-corrected chi connectivity index (χ3v) is 6.80. The molecule has 5 heteroatoms. The normalized spacial score (nSPS) is 23.2. The number of pyridine rings is 1. The number of rotatable bonds is 5. The van der Waals surface area contributed by atoms with Crippen LogP contribution in [-0.4, -0.2) is 39.0 Å². The number of likely N-dealkylation sites (tertiary alicyclic amines) is 1. The van der Waals surface area contributed by atoms with Gasteiger partial charge in [0.15, 0.2) is 0 Å². The van der Waals surface area contributed by atoms with Crippen LogP contribution in [0, 0.1) is 5.41 Å². The lowest BCUT2D eigenvalue weighted by atomic mass is 9.74. The Morgan fingerprint density at radius 1 is 1.17 bits per heavy atom. The maximum Gasteiger partial charge on any atom is 0.251 e. The third-order valence-electron chi connectivity index (χ3n) is 6.80. The summed E-state index contributed by atoms with van der Waals surface area (Å²) in [6, 6.07) is 8.39. The molecule has 3 heterocycles. The molecule has 1 N–H and O–H groups in total. The Labute approximate surface area is 174 Å². The molecule has 2 aromatic rings. The zero-order valence-corrected chi connectivity index (χ0v) is 17.9. The molecular weight excluding hydrogens is 360 g/mol. The number of hydrogen-bond acceptors (Lipinski definition) is 4. The molecule has 0 amide bonds. The number of nitrogens with one attached hydrogen (secondary N) is 1. The first-order chi connectivity index (χ1) is 14.0. The average Bonchev–Trinajstić information content (AvgIpc) is 2.72. The van der Waals surface area contributed by atoms with Crippen molar-refractivity contribution in [1.82, 2.24) is 19.9 Å². The smallest absolute Gasteiger partial charge is 0.251 e. The summed E-state index contributed by atoms with van der Waals surface area (Å²) in [5.41, 5.74) is 2.47. The fourth-order valence-electron chi connectivity index (χ4n) is 5.18. The predicted octanol–water partition coefficient (Wildman–Crippen LogP) is 4.10. The number of nitrogens with zero attached hydrogens (tertiary/aromatic N) is 3. The molecule has 0 unspecified atom stereocenters. The first-order valence-corrected chi connectivity index (χ1v) is 11.2. The lowest BCUT2D eigenvalue weighted by Crippen LogP contribution is -2.45. The fourth-order valence-corrected chi connectivity index (χ4v) is 5.18. The van der Waals surface area contributed by atoms with E-state index < -0.39 is 0 Å². The van der Waals surface area contributed by atoms with Gasteiger partial charge in [-0.15, -0.1) is 0 Å². The highest BCUT2D eigenvalue weighted by atomic mass is 16.1. The van der Waals surface area contributed by atoms with Crippen LogP contribution in [0.15, 0.2) is 35.3 Å². The third kappa shape index (κ3) is 5.33. The molecule has 29 heavy (non-hydrogen) atoms. The van der Waals surface area contributed by atoms with Crippen LogP contribution in [0.4, 0.5) is 0 Å². The highest BCUT2D eigenvalue weighted by molar-refractivity contribution is 5.12. The standard InChI is InChI=1S/C24H34N4O/c1-24(2)12-5-7-20(17-24)28-14-10-18(11-15-28)21-16-23(29)27-22(26-21)9-8-19-6-3-4-13-25-19/h3-4,6,13,16,18,20H,5,7-12,14-15,17H2,1-2H3,(H,26,27,29)/t20-/m0/s1. The molecule has 1 saturated heterocycles. The van der Waals surface area contributed by atoms with Crippen molar-refractivity contribution in [1.29, 1.82) is 0 Å². The molecule has 5 nitrogen and oxygen atoms in total. The number of aromatic nitrogens is 3. The summed E-state index contributed by atoms with van der Waals surface area (Å²) in [4.78, 5) is 27.0. The summed E-state index contributed by atoms with van der Waals surface area (Å²) in [5.74, 6) is 1.19. The molecule has 0 aromatic carbocycles. The van der Waals surface area contributed by atoms with E-state index in [1.165, 1.54) is 25.7 Å². The minimum absolute atomic E-state index is 0.0255. The van der Waals surface area contributed by atoms with E-state index in [0.29, 0.717) is 11.3 Å². The molecule has 2 aromatic heterocycles. The predicted molar refractivity (Wildman–Crippen MR) is 116 cm³/mol. The lowest BCUT2D eigenvalue weighted by Gasteiger charge is -2.44. The van der Waals surface area contributed by atoms with Gasteiger partial charge in [0, 0.05) is 36.3 Å². The van der Waals surface area contributed by atoms with Gasteiger partial charge in [0.2, 0.25) is 0 Å². The minimum Gasteiger partial charge on any atom is -0.311 e. The summed E-state index contributed by atoms with van der Waals surface area (Å²) >= 11 is 0. The molecule has 1 saturated carbocycles. The number of aryl methyl sites for hydroxylation is 2. The Morgan fingerprint density at radius 3 is 2.72 bits per heavy atom. The maximum atomic E-state index is 12.2. The number of aromatic amines is 1. The van der Waals surface area contributed by atoms with Crippen LogP contribution in [-0.2, 0) is 12.8 Å². The Kier molecular flexibility index (Phi) is 6.14. The Bertz CT molecular complexity index is 853. The van der Waals surface area contributed by atoms with Crippen LogP contribution in [0.25, 0.3) is 0 Å². The monoisotopic (exact) mass is 394 g/mol. The van der Waals surface area contributed by atoms with E-state index in [1.54, 1.807) is 6.07 Å². The molecule has 4 rings (SSSR count). The van der Waals surface area contributed by atoms with E-state index in [-0.39, 0.29) is 5.56 Å². The summed E-state index contributed by atoms with van der Waals surface area (Å²) < 4.78 is 0. The Morgan fingerprint density at radius 2 is 2.00 bits per heavy atom. The second kappa shape index (κ2) is 8.78. The van der Waals surface area contributed by atoms with Gasteiger partial charge in [0.05, 0.1) is 5.69 Å². The Balaban J connectivity index is 1.37. The van der Waals surface area contributed by atoms with Crippen molar-refractivity contribution in [3.63, 3.8) is 0 Å². The molecule has 0 spiro atoms. The van der Waals surface area contributed by atoms with E-state index in [2.05, 4.69) is 28.7 Å². The van der Waals surface area contributed by atoms with Crippen LogP contribution in [0.3, 0.4) is 0 Å². The lowest BCUT2D eigenvalue weighted by molar-refractivity contribution is 0.0740. The van der Waals surface area contributed by atoms with Crippen LogP contribution in [0.1, 0.15) is 75.5 Å². The molecule has 2 fully saturated rings. The first-order valence-electron chi connectivity index (χ1n) is 11.2. The van der Waals surface area contributed by atoms with Gasteiger partial charge >= 0.3 is 0 Å². The highest BCUT2D eigenvalue weighted by Crippen LogP contribution is 2.39. The van der Waals surface area contributed by atoms with Gasteiger partial charge in [-0.05, 0) is 69.2 Å². The van der Waals surface area contributed by atoms with Gasteiger partial charge in [-0.1, -0.05) is 26.3 Å². The second-order valence-corrected chi connectivity index (χ2v) is 9.66. The molecule has 156 valence electrons. The van der Waals surface area contributed by atoms with Crippen molar-refractivity contribution in [2.45, 2.75) is 77.2 Å². The summed E-state index contributed by atoms with van der Waals surface area (Å²) in [6.45, 7) is 7.09. The van der Waals surface area contributed by atoms with Gasteiger partial charge < -0.3 is 9.88 Å². The van der Waals surface area contributed by atoms with Crippen molar-refractivity contribution < 1.29 is 0 Å². The maximum absolute atomic E-state index is 12.2. The molecule has 1 atom stereocenters. The van der Waals surface area contributed by atoms with Gasteiger partial charge in [0.1, 0.15) is 5.82 Å². The van der Waals surface area contributed by atoms with E-state index in [4.69, 9.17) is 4.98 Å². The molecule has 1 aliphatic carbocycles. The van der Waals surface area contributed by atoms with Crippen molar-refractivity contribution >= 4 is 0 Å². The topological polar surface area (TPSA) is 61.9 Å². The van der Waals surface area contributed by atoms with Gasteiger partial charge in [-0.2, -0.15) is 0 Å². The highest BCUT2D eigenvalue weighted by Gasteiger charge is 2.33. The molecule has 2 aliphatic rings. The van der Waals surface area contributed by atoms with E-state index in [1.807, 2.05) is 24.4 Å². The Hall–Kier alpha value is -2.01. The summed E-state index contributed by atoms with van der Waals surface area (Å²) in [7, 11) is 0. The zero-order valence-electron chi connectivity index (χ0n) is 17.9. The average molecular weight is 395 g/mol. The number of H-pyrrole nitrogens is 1. The van der Waals surface area contributed by atoms with Crippen LogP contribution in [0.2, 0.25) is 0 Å². The first kappa shape index (κ1) is 20.3. The summed E-state index contributed by atoms with van der Waals surface area (Å²) in [6.07, 6.45) is 10.9. The summed E-state index contributed by atoms with van der Waals surface area (Å²) in [5, 5.41) is 0. The van der Waals surface area contributed by atoms with Crippen LogP contribution >= 0.6 is 0 Å². The molecule has 0 bridgehead atoms. The fraction of sp³-hybridized carbons (Fsp3) is 0.625. The van der Waals surface area contributed by atoms with Crippen molar-refractivity contribution in [2.24, 2.45) is 5.41 Å². The number of hydrogen-bond donors (Lipinski definition) is 1. The molecular formula is C24H34N4O. The second-order valence-electron chi connectivity index (χ2n) is 9.66. The SMILES string of the molecule is CC1(C)CCC[C@H](N2CCC(c3cc(=O)[nH]c(CCc4ccccn4)n3)CC2)C1. The zero-order chi connectivity index (χ0) is 20.3. The molecule has 1 aliphatic heterocycles. The van der Waals surface area contributed by atoms with Crippen LogP contribution in [0.5, 0.6) is 0 Å². The van der Waals surface area contributed by atoms with Crippen molar-refractivity contribution in [3.05, 3.63) is 58.0 Å². The van der Waals surface area contributed by atoms with Gasteiger partial charge in [0.25, 0.3) is 5.56 Å². The van der Waals surface area contributed by atoms with E-state index in [9.17, 15) is 4.79 Å². The number of piperidine rings is 1. The van der Waals surface area contributed by atoms with E-state index in [0.717, 1.165) is 62.0 Å². The largest absolute Gasteiger partial charge is 0.311 e. The van der Waals surface area contributed by atoms with Crippen molar-refractivity contribution in [3.8, 4) is 0 Å². The van der Waals surface area contributed by atoms with Crippen molar-refractivity contribution in [2.75, 3.05) is 13.1 Å². The quantitative estimate of drug-likeness (QED) is 0.829. The molecule has 0 radical (unpaired) electrons. The van der Waals surface area contributed by atoms with Crippen LogP contribution < -0.4 is 5.56 Å². The van der Waals surface area contributed by atoms with Gasteiger partial charge in [-0.3, -0.25) is 9.78 Å². The van der Waals surface area contributed by atoms with E-state index >= 15 is 0 Å². The minimum atomic E-state index is -0.0255.